The summed E-state index contributed by atoms with van der Waals surface area (Å²) in [7, 11) is 0. The van der Waals surface area contributed by atoms with Crippen molar-refractivity contribution < 1.29 is 0 Å². The SMILES string of the molecule is CCCCCN(c1ccccc1)c1ccc2ccccc2c1. The van der Waals surface area contributed by atoms with E-state index < -0.39 is 0 Å². The smallest absolute Gasteiger partial charge is 0.0417 e. The maximum Gasteiger partial charge on any atom is 0.0417 e. The van der Waals surface area contributed by atoms with Crippen LogP contribution in [0.4, 0.5) is 11.4 Å². The molecule has 0 atom stereocenters. The second-order valence-electron chi connectivity index (χ2n) is 5.73. The van der Waals surface area contributed by atoms with Crippen LogP contribution in [0.3, 0.4) is 0 Å². The summed E-state index contributed by atoms with van der Waals surface area (Å²) in [4.78, 5) is 2.43. The van der Waals surface area contributed by atoms with Gasteiger partial charge < -0.3 is 4.90 Å². The second kappa shape index (κ2) is 7.13. The fourth-order valence-electron chi connectivity index (χ4n) is 2.88. The first kappa shape index (κ1) is 14.6. The zero-order chi connectivity index (χ0) is 15.2. The number of anilines is 2. The molecule has 0 saturated carbocycles. The third kappa shape index (κ3) is 3.30. The molecule has 0 unspecified atom stereocenters. The number of nitrogens with zero attached hydrogens (tertiary/aromatic N) is 1. The molecule has 0 bridgehead atoms. The van der Waals surface area contributed by atoms with Crippen molar-refractivity contribution in [3.05, 3.63) is 72.8 Å². The molecule has 0 spiro atoms. The van der Waals surface area contributed by atoms with Gasteiger partial charge in [-0.25, -0.2) is 0 Å². The largest absolute Gasteiger partial charge is 0.341 e. The lowest BCUT2D eigenvalue weighted by molar-refractivity contribution is 0.716. The zero-order valence-electron chi connectivity index (χ0n) is 13.2. The molecule has 0 radical (unpaired) electrons. The van der Waals surface area contributed by atoms with Gasteiger partial charge in [0.15, 0.2) is 0 Å². The monoisotopic (exact) mass is 289 g/mol. The van der Waals surface area contributed by atoms with E-state index in [9.17, 15) is 0 Å². The summed E-state index contributed by atoms with van der Waals surface area (Å²) in [5, 5.41) is 2.60. The van der Waals surface area contributed by atoms with E-state index in [0.29, 0.717) is 0 Å². The first-order chi connectivity index (χ1) is 10.9. The van der Waals surface area contributed by atoms with Crippen LogP contribution in [0, 0.1) is 0 Å². The minimum absolute atomic E-state index is 1.07. The zero-order valence-corrected chi connectivity index (χ0v) is 13.2. The molecule has 1 heteroatoms. The summed E-state index contributed by atoms with van der Waals surface area (Å²) in [6, 6.07) is 26.0. The molecule has 0 amide bonds. The normalized spacial score (nSPS) is 10.8. The van der Waals surface area contributed by atoms with Crippen LogP contribution in [-0.2, 0) is 0 Å². The van der Waals surface area contributed by atoms with Crippen LogP contribution >= 0.6 is 0 Å². The molecular weight excluding hydrogens is 266 g/mol. The molecule has 3 aromatic carbocycles. The van der Waals surface area contributed by atoms with Gasteiger partial charge in [0.2, 0.25) is 0 Å². The van der Waals surface area contributed by atoms with Gasteiger partial charge in [-0.3, -0.25) is 0 Å². The highest BCUT2D eigenvalue weighted by Crippen LogP contribution is 2.28. The van der Waals surface area contributed by atoms with Crippen molar-refractivity contribution in [2.24, 2.45) is 0 Å². The Bertz CT molecular complexity index is 718. The Kier molecular flexibility index (Phi) is 4.75. The van der Waals surface area contributed by atoms with Gasteiger partial charge in [0.1, 0.15) is 0 Å². The lowest BCUT2D eigenvalue weighted by Crippen LogP contribution is -2.18. The van der Waals surface area contributed by atoms with Crippen molar-refractivity contribution >= 4 is 22.1 Å². The van der Waals surface area contributed by atoms with E-state index in [1.54, 1.807) is 0 Å². The number of benzene rings is 3. The van der Waals surface area contributed by atoms with Crippen LogP contribution in [0.15, 0.2) is 72.8 Å². The molecule has 0 aliphatic carbocycles. The lowest BCUT2D eigenvalue weighted by Gasteiger charge is -2.25. The van der Waals surface area contributed by atoms with Crippen molar-refractivity contribution in [2.45, 2.75) is 26.2 Å². The van der Waals surface area contributed by atoms with Crippen molar-refractivity contribution in [2.75, 3.05) is 11.4 Å². The average molecular weight is 289 g/mol. The molecule has 0 aliphatic rings. The predicted octanol–water partition coefficient (Wildman–Crippen LogP) is 6.17. The molecule has 3 rings (SSSR count). The Morgan fingerprint density at radius 1 is 0.682 bits per heavy atom. The minimum Gasteiger partial charge on any atom is -0.341 e. The molecule has 3 aromatic rings. The van der Waals surface area contributed by atoms with Crippen LogP contribution in [0.2, 0.25) is 0 Å². The average Bonchev–Trinajstić information content (AvgIpc) is 2.59. The van der Waals surface area contributed by atoms with Gasteiger partial charge in [-0.1, -0.05) is 68.3 Å². The Morgan fingerprint density at radius 3 is 2.18 bits per heavy atom. The summed E-state index contributed by atoms with van der Waals surface area (Å²) >= 11 is 0. The number of fused-ring (bicyclic) bond motifs is 1. The minimum atomic E-state index is 1.07. The second-order valence-corrected chi connectivity index (χ2v) is 5.73. The summed E-state index contributed by atoms with van der Waals surface area (Å²) in [5.41, 5.74) is 2.55. The lowest BCUT2D eigenvalue weighted by atomic mass is 10.1. The number of rotatable bonds is 6. The molecule has 0 aromatic heterocycles. The maximum absolute atomic E-state index is 2.43. The molecule has 0 heterocycles. The summed E-state index contributed by atoms with van der Waals surface area (Å²) in [6.07, 6.45) is 3.75. The fourth-order valence-corrected chi connectivity index (χ4v) is 2.88. The van der Waals surface area contributed by atoms with E-state index >= 15 is 0 Å². The third-order valence-electron chi connectivity index (χ3n) is 4.10. The highest BCUT2D eigenvalue weighted by atomic mass is 15.1. The first-order valence-corrected chi connectivity index (χ1v) is 8.20. The standard InChI is InChI=1S/C21H23N/c1-2-3-9-16-22(20-12-5-4-6-13-20)21-15-14-18-10-7-8-11-19(18)17-21/h4-8,10-15,17H,2-3,9,16H2,1H3. The number of hydrogen-bond donors (Lipinski definition) is 0. The van der Waals surface area contributed by atoms with Crippen LogP contribution in [0.25, 0.3) is 10.8 Å². The van der Waals surface area contributed by atoms with Crippen molar-refractivity contribution in [3.8, 4) is 0 Å². The summed E-state index contributed by atoms with van der Waals surface area (Å²) in [6.45, 7) is 3.32. The van der Waals surface area contributed by atoms with E-state index in [2.05, 4.69) is 84.6 Å². The van der Waals surface area contributed by atoms with E-state index in [4.69, 9.17) is 0 Å². The number of unbranched alkanes of at least 4 members (excludes halogenated alkanes) is 2. The quantitative estimate of drug-likeness (QED) is 0.491. The molecule has 0 aliphatic heterocycles. The Hall–Kier alpha value is -2.28. The van der Waals surface area contributed by atoms with Gasteiger partial charge in [-0.2, -0.15) is 0 Å². The maximum atomic E-state index is 2.43. The Morgan fingerprint density at radius 2 is 1.41 bits per heavy atom. The molecule has 0 saturated heterocycles. The Balaban J connectivity index is 1.95. The summed E-state index contributed by atoms with van der Waals surface area (Å²) in [5.74, 6) is 0. The number of hydrogen-bond acceptors (Lipinski definition) is 1. The van der Waals surface area contributed by atoms with Crippen LogP contribution in [0.1, 0.15) is 26.2 Å². The molecule has 0 fully saturated rings. The van der Waals surface area contributed by atoms with Gasteiger partial charge in [-0.15, -0.1) is 0 Å². The van der Waals surface area contributed by atoms with Gasteiger partial charge in [0.05, 0.1) is 0 Å². The Labute approximate surface area is 133 Å². The van der Waals surface area contributed by atoms with Crippen LogP contribution < -0.4 is 4.90 Å². The highest BCUT2D eigenvalue weighted by Gasteiger charge is 2.09. The van der Waals surface area contributed by atoms with Gasteiger partial charge in [-0.05, 0) is 41.5 Å². The van der Waals surface area contributed by atoms with Crippen molar-refractivity contribution in [3.63, 3.8) is 0 Å². The van der Waals surface area contributed by atoms with Crippen LogP contribution in [0.5, 0.6) is 0 Å². The van der Waals surface area contributed by atoms with Gasteiger partial charge in [0.25, 0.3) is 0 Å². The van der Waals surface area contributed by atoms with Crippen LogP contribution in [-0.4, -0.2) is 6.54 Å². The first-order valence-electron chi connectivity index (χ1n) is 8.20. The molecule has 0 N–H and O–H groups in total. The van der Waals surface area contributed by atoms with Gasteiger partial charge >= 0.3 is 0 Å². The molecule has 22 heavy (non-hydrogen) atoms. The molecular formula is C21H23N. The molecule has 1 nitrogen and oxygen atoms in total. The van der Waals surface area contributed by atoms with E-state index in [-0.39, 0.29) is 0 Å². The number of para-hydroxylation sites is 1. The van der Waals surface area contributed by atoms with E-state index in [0.717, 1.165) is 6.54 Å². The van der Waals surface area contributed by atoms with E-state index in [1.165, 1.54) is 41.4 Å². The highest BCUT2D eigenvalue weighted by molar-refractivity contribution is 5.86. The van der Waals surface area contributed by atoms with E-state index in [1.807, 2.05) is 0 Å². The topological polar surface area (TPSA) is 3.24 Å². The van der Waals surface area contributed by atoms with Gasteiger partial charge in [0, 0.05) is 17.9 Å². The fraction of sp³-hybridized carbons (Fsp3) is 0.238. The molecule has 112 valence electrons. The summed E-state index contributed by atoms with van der Waals surface area (Å²) < 4.78 is 0. The predicted molar refractivity (Wildman–Crippen MR) is 96.9 cm³/mol. The van der Waals surface area contributed by atoms with Crippen molar-refractivity contribution in [1.82, 2.24) is 0 Å². The van der Waals surface area contributed by atoms with Crippen molar-refractivity contribution in [1.29, 1.82) is 0 Å². The third-order valence-corrected chi connectivity index (χ3v) is 4.10.